The molecular weight excluding hydrogens is 364 g/mol. The fraction of sp³-hybridized carbons (Fsp3) is 0.381. The Morgan fingerprint density at radius 2 is 1.89 bits per heavy atom. The van der Waals surface area contributed by atoms with Crippen LogP contribution in [0.15, 0.2) is 36.4 Å². The summed E-state index contributed by atoms with van der Waals surface area (Å²) < 4.78 is 26.6. The average Bonchev–Trinajstić information content (AvgIpc) is 3.33. The highest BCUT2D eigenvalue weighted by Gasteiger charge is 2.43. The first-order chi connectivity index (χ1) is 13.6. The topological polar surface area (TPSA) is 83.5 Å². The average molecular weight is 386 g/mol. The molecule has 0 radical (unpaired) electrons. The van der Waals surface area contributed by atoms with Crippen LogP contribution in [0.2, 0.25) is 0 Å². The Bertz CT molecular complexity index is 879. The molecule has 0 aromatic heterocycles. The zero-order valence-corrected chi connectivity index (χ0v) is 15.7. The van der Waals surface area contributed by atoms with Crippen molar-refractivity contribution >= 4 is 5.97 Å². The molecule has 1 fully saturated rings. The summed E-state index contributed by atoms with van der Waals surface area (Å²) in [5.41, 5.74) is 1.52. The van der Waals surface area contributed by atoms with E-state index in [-0.39, 0.29) is 19.3 Å². The highest BCUT2D eigenvalue weighted by atomic mass is 16.7. The van der Waals surface area contributed by atoms with Crippen molar-refractivity contribution in [2.24, 2.45) is 11.8 Å². The second-order valence-electron chi connectivity index (χ2n) is 6.86. The van der Waals surface area contributed by atoms with Crippen molar-refractivity contribution in [1.82, 2.24) is 0 Å². The van der Waals surface area contributed by atoms with Gasteiger partial charge in [0.15, 0.2) is 11.5 Å². The van der Waals surface area contributed by atoms with Gasteiger partial charge >= 0.3 is 5.97 Å². The first-order valence-corrected chi connectivity index (χ1v) is 9.06. The Morgan fingerprint density at radius 3 is 2.68 bits per heavy atom. The van der Waals surface area contributed by atoms with Crippen LogP contribution in [0.1, 0.15) is 17.2 Å². The summed E-state index contributed by atoms with van der Waals surface area (Å²) in [6.07, 6.45) is -0.474. The number of rotatable bonds is 6. The maximum absolute atomic E-state index is 12.4. The number of methoxy groups -OCH3 is 2. The Morgan fingerprint density at radius 1 is 1.07 bits per heavy atom. The SMILES string of the molecule is COc1ccc(C(O)[C@H]2C(=O)OC[C@@H]2Cc2ccc3c(c2)OCO3)c(OC)c1. The first kappa shape index (κ1) is 18.4. The van der Waals surface area contributed by atoms with Gasteiger partial charge in [-0.25, -0.2) is 0 Å². The van der Waals surface area contributed by atoms with Gasteiger partial charge in [0.2, 0.25) is 6.79 Å². The Hall–Kier alpha value is -2.93. The van der Waals surface area contributed by atoms with Crippen LogP contribution in [-0.2, 0) is 16.0 Å². The molecule has 0 saturated carbocycles. The molecule has 148 valence electrons. The molecule has 1 N–H and O–H groups in total. The van der Waals surface area contributed by atoms with Crippen molar-refractivity contribution in [1.29, 1.82) is 0 Å². The number of ether oxygens (including phenoxy) is 5. The highest BCUT2D eigenvalue weighted by molar-refractivity contribution is 5.76. The lowest BCUT2D eigenvalue weighted by Crippen LogP contribution is -2.25. The van der Waals surface area contributed by atoms with Crippen LogP contribution in [0.3, 0.4) is 0 Å². The number of hydrogen-bond donors (Lipinski definition) is 1. The lowest BCUT2D eigenvalue weighted by atomic mass is 9.82. The van der Waals surface area contributed by atoms with Crippen molar-refractivity contribution in [2.75, 3.05) is 27.6 Å². The predicted octanol–water partition coefficient (Wildman–Crippen LogP) is 2.50. The first-order valence-electron chi connectivity index (χ1n) is 9.06. The number of hydrogen-bond acceptors (Lipinski definition) is 7. The van der Waals surface area contributed by atoms with Crippen LogP contribution >= 0.6 is 0 Å². The number of esters is 1. The maximum Gasteiger partial charge on any atom is 0.312 e. The van der Waals surface area contributed by atoms with Gasteiger partial charge in [-0.3, -0.25) is 4.79 Å². The number of aliphatic hydroxyl groups is 1. The number of cyclic esters (lactones) is 1. The zero-order chi connectivity index (χ0) is 19.7. The third-order valence-corrected chi connectivity index (χ3v) is 5.25. The molecule has 0 spiro atoms. The van der Waals surface area contributed by atoms with E-state index in [1.165, 1.54) is 7.11 Å². The van der Waals surface area contributed by atoms with E-state index in [1.54, 1.807) is 25.3 Å². The summed E-state index contributed by atoms with van der Waals surface area (Å²) in [7, 11) is 3.07. The van der Waals surface area contributed by atoms with E-state index in [9.17, 15) is 9.90 Å². The Balaban J connectivity index is 1.57. The molecule has 1 saturated heterocycles. The Kier molecular flexibility index (Phi) is 5.00. The molecular formula is C21H22O7. The van der Waals surface area contributed by atoms with E-state index in [0.29, 0.717) is 35.0 Å². The normalized spacial score (nSPS) is 21.3. The van der Waals surface area contributed by atoms with Crippen LogP contribution in [-0.4, -0.2) is 38.7 Å². The molecule has 28 heavy (non-hydrogen) atoms. The maximum atomic E-state index is 12.4. The van der Waals surface area contributed by atoms with Gasteiger partial charge < -0.3 is 28.8 Å². The molecule has 2 heterocycles. The summed E-state index contributed by atoms with van der Waals surface area (Å²) in [5.74, 6) is 1.21. The zero-order valence-electron chi connectivity index (χ0n) is 15.7. The number of carbonyl (C=O) groups excluding carboxylic acids is 1. The smallest absolute Gasteiger partial charge is 0.312 e. The second-order valence-corrected chi connectivity index (χ2v) is 6.86. The van der Waals surface area contributed by atoms with Crippen molar-refractivity contribution in [3.05, 3.63) is 47.5 Å². The number of benzene rings is 2. The largest absolute Gasteiger partial charge is 0.497 e. The third-order valence-electron chi connectivity index (χ3n) is 5.25. The number of carbonyl (C=O) groups is 1. The summed E-state index contributed by atoms with van der Waals surface area (Å²) in [6, 6.07) is 10.8. The van der Waals surface area contributed by atoms with Gasteiger partial charge in [-0.1, -0.05) is 6.07 Å². The van der Waals surface area contributed by atoms with E-state index < -0.39 is 18.0 Å². The fourth-order valence-electron chi connectivity index (χ4n) is 3.78. The van der Waals surface area contributed by atoms with E-state index in [0.717, 1.165) is 5.56 Å². The van der Waals surface area contributed by atoms with E-state index >= 15 is 0 Å². The summed E-state index contributed by atoms with van der Waals surface area (Å²) in [5, 5.41) is 11.0. The van der Waals surface area contributed by atoms with Gasteiger partial charge in [-0.15, -0.1) is 0 Å². The molecule has 0 aliphatic carbocycles. The van der Waals surface area contributed by atoms with Gasteiger partial charge in [0.1, 0.15) is 11.5 Å². The quantitative estimate of drug-likeness (QED) is 0.764. The number of fused-ring (bicyclic) bond motifs is 1. The molecule has 2 aliphatic rings. The molecule has 1 unspecified atom stereocenters. The summed E-state index contributed by atoms with van der Waals surface area (Å²) in [4.78, 5) is 12.4. The predicted molar refractivity (Wildman–Crippen MR) is 98.7 cm³/mol. The molecule has 2 aromatic rings. The third kappa shape index (κ3) is 3.33. The fourth-order valence-corrected chi connectivity index (χ4v) is 3.78. The highest BCUT2D eigenvalue weighted by Crippen LogP contribution is 2.41. The van der Waals surface area contributed by atoms with Crippen LogP contribution in [0.5, 0.6) is 23.0 Å². The molecule has 2 aliphatic heterocycles. The summed E-state index contributed by atoms with van der Waals surface area (Å²) >= 11 is 0. The summed E-state index contributed by atoms with van der Waals surface area (Å²) in [6.45, 7) is 0.468. The van der Waals surface area contributed by atoms with Gasteiger partial charge in [0.05, 0.1) is 32.8 Å². The van der Waals surface area contributed by atoms with Crippen molar-refractivity contribution in [3.8, 4) is 23.0 Å². The van der Waals surface area contributed by atoms with E-state index in [2.05, 4.69) is 0 Å². The molecule has 0 amide bonds. The standard InChI is InChI=1S/C21H22O7/c1-24-14-4-5-15(17(9-14)25-2)20(22)19-13(10-26-21(19)23)7-12-3-6-16-18(8-12)28-11-27-16/h3-6,8-9,13,19-20,22H,7,10-11H2,1-2H3/t13-,19-,20?/m0/s1. The van der Waals surface area contributed by atoms with Crippen LogP contribution in [0.25, 0.3) is 0 Å². The number of aliphatic hydroxyl groups excluding tert-OH is 1. The molecule has 4 rings (SSSR count). The van der Waals surface area contributed by atoms with Gasteiger partial charge in [-0.2, -0.15) is 0 Å². The monoisotopic (exact) mass is 386 g/mol. The van der Waals surface area contributed by atoms with E-state index in [4.69, 9.17) is 23.7 Å². The second kappa shape index (κ2) is 7.59. The molecule has 2 aromatic carbocycles. The molecule has 7 heteroatoms. The van der Waals surface area contributed by atoms with E-state index in [1.807, 2.05) is 18.2 Å². The van der Waals surface area contributed by atoms with Crippen LogP contribution in [0, 0.1) is 11.8 Å². The molecule has 7 nitrogen and oxygen atoms in total. The van der Waals surface area contributed by atoms with Crippen molar-refractivity contribution in [3.63, 3.8) is 0 Å². The molecule has 3 atom stereocenters. The minimum Gasteiger partial charge on any atom is -0.497 e. The van der Waals surface area contributed by atoms with Gasteiger partial charge in [0.25, 0.3) is 0 Å². The minimum absolute atomic E-state index is 0.172. The van der Waals surface area contributed by atoms with Crippen molar-refractivity contribution < 1.29 is 33.6 Å². The van der Waals surface area contributed by atoms with Crippen LogP contribution < -0.4 is 18.9 Å². The van der Waals surface area contributed by atoms with Crippen LogP contribution in [0.4, 0.5) is 0 Å². The van der Waals surface area contributed by atoms with Crippen molar-refractivity contribution in [2.45, 2.75) is 12.5 Å². The van der Waals surface area contributed by atoms with Gasteiger partial charge in [0, 0.05) is 17.5 Å². The lowest BCUT2D eigenvalue weighted by molar-refractivity contribution is -0.144. The molecule has 0 bridgehead atoms. The lowest BCUT2D eigenvalue weighted by Gasteiger charge is -2.23. The van der Waals surface area contributed by atoms with Gasteiger partial charge in [-0.05, 0) is 36.2 Å². The minimum atomic E-state index is -1.05. The Labute approximate surface area is 162 Å².